The smallest absolute Gasteiger partial charge is 0.139 e. The second-order valence-electron chi connectivity index (χ2n) is 6.79. The van der Waals surface area contributed by atoms with E-state index in [1.54, 1.807) is 0 Å². The Hall–Kier alpha value is -3.26. The number of rotatable bonds is 2. The standard InChI is InChI=1S/C24H18BN/c25-19-9-5-7-17(15-19)18-8-6-10-20(16-18)26-23-13-3-1-11-21(23)22-12-2-4-14-24(22)26/h1-16H,25H2. The van der Waals surface area contributed by atoms with E-state index in [1.807, 2.05) is 0 Å². The van der Waals surface area contributed by atoms with Gasteiger partial charge in [-0.1, -0.05) is 78.3 Å². The van der Waals surface area contributed by atoms with Crippen LogP contribution in [0, 0.1) is 0 Å². The summed E-state index contributed by atoms with van der Waals surface area (Å²) < 4.78 is 2.37. The fraction of sp³-hybridized carbons (Fsp3) is 0. The third-order valence-corrected chi connectivity index (χ3v) is 5.04. The van der Waals surface area contributed by atoms with Gasteiger partial charge in [0.05, 0.1) is 11.0 Å². The van der Waals surface area contributed by atoms with Crippen LogP contribution < -0.4 is 5.46 Å². The summed E-state index contributed by atoms with van der Waals surface area (Å²) in [5.41, 5.74) is 7.47. The van der Waals surface area contributed by atoms with Crippen molar-refractivity contribution in [1.82, 2.24) is 4.57 Å². The number of hydrogen-bond donors (Lipinski definition) is 0. The molecule has 0 atom stereocenters. The summed E-state index contributed by atoms with van der Waals surface area (Å²) in [5.74, 6) is 0. The van der Waals surface area contributed by atoms with E-state index in [0.29, 0.717) is 0 Å². The lowest BCUT2D eigenvalue weighted by molar-refractivity contribution is 1.18. The molecule has 26 heavy (non-hydrogen) atoms. The van der Waals surface area contributed by atoms with E-state index in [1.165, 1.54) is 44.1 Å². The summed E-state index contributed by atoms with van der Waals surface area (Å²) in [5, 5.41) is 2.59. The van der Waals surface area contributed by atoms with E-state index in [-0.39, 0.29) is 0 Å². The Morgan fingerprint density at radius 1 is 0.538 bits per heavy atom. The molecule has 5 aromatic rings. The molecular weight excluding hydrogens is 313 g/mol. The van der Waals surface area contributed by atoms with Gasteiger partial charge in [-0.25, -0.2) is 0 Å². The Kier molecular flexibility index (Phi) is 3.43. The monoisotopic (exact) mass is 331 g/mol. The fourth-order valence-corrected chi connectivity index (χ4v) is 3.85. The maximum Gasteiger partial charge on any atom is 0.139 e. The van der Waals surface area contributed by atoms with E-state index in [0.717, 1.165) is 0 Å². The van der Waals surface area contributed by atoms with Gasteiger partial charge in [-0.2, -0.15) is 0 Å². The maximum absolute atomic E-state index is 2.37. The highest BCUT2D eigenvalue weighted by molar-refractivity contribution is 6.32. The summed E-state index contributed by atoms with van der Waals surface area (Å²) >= 11 is 0. The van der Waals surface area contributed by atoms with Crippen molar-refractivity contribution in [2.75, 3.05) is 0 Å². The number of nitrogens with zero attached hydrogens (tertiary/aromatic N) is 1. The number of para-hydroxylation sites is 2. The molecule has 0 aliphatic carbocycles. The van der Waals surface area contributed by atoms with Crippen molar-refractivity contribution in [2.45, 2.75) is 0 Å². The molecular formula is C24H18BN. The van der Waals surface area contributed by atoms with Crippen LogP contribution in [0.2, 0.25) is 0 Å². The Labute approximate surface area is 153 Å². The van der Waals surface area contributed by atoms with Crippen molar-refractivity contribution in [1.29, 1.82) is 0 Å². The zero-order valence-corrected chi connectivity index (χ0v) is 14.7. The lowest BCUT2D eigenvalue weighted by Crippen LogP contribution is -2.00. The van der Waals surface area contributed by atoms with E-state index >= 15 is 0 Å². The first kappa shape index (κ1) is 15.0. The van der Waals surface area contributed by atoms with Crippen molar-refractivity contribution in [3.8, 4) is 16.8 Å². The third kappa shape index (κ3) is 2.34. The van der Waals surface area contributed by atoms with E-state index < -0.39 is 0 Å². The highest BCUT2D eigenvalue weighted by Gasteiger charge is 2.11. The molecule has 0 unspecified atom stereocenters. The molecule has 0 saturated carbocycles. The van der Waals surface area contributed by atoms with E-state index in [2.05, 4.69) is 109 Å². The summed E-state index contributed by atoms with van der Waals surface area (Å²) in [6.45, 7) is 0. The van der Waals surface area contributed by atoms with Crippen LogP contribution in [0.4, 0.5) is 0 Å². The average Bonchev–Trinajstić information content (AvgIpc) is 3.03. The van der Waals surface area contributed by atoms with Crippen LogP contribution in [-0.4, -0.2) is 12.4 Å². The summed E-state index contributed by atoms with van der Waals surface area (Å²) in [6.07, 6.45) is 0. The molecule has 1 aromatic heterocycles. The minimum Gasteiger partial charge on any atom is -0.309 e. The SMILES string of the molecule is Bc1cccc(-c2cccc(-n3c4ccccc4c4ccccc43)c2)c1. The Balaban J connectivity index is 1.79. The number of aromatic nitrogens is 1. The molecule has 5 rings (SSSR count). The maximum atomic E-state index is 2.37. The van der Waals surface area contributed by atoms with Crippen molar-refractivity contribution >= 4 is 35.1 Å². The molecule has 1 nitrogen and oxygen atoms in total. The van der Waals surface area contributed by atoms with Gasteiger partial charge in [-0.05, 0) is 35.4 Å². The molecule has 0 fully saturated rings. The van der Waals surface area contributed by atoms with Crippen LogP contribution in [0.25, 0.3) is 38.6 Å². The molecule has 1 heterocycles. The first-order valence-corrected chi connectivity index (χ1v) is 8.97. The molecule has 2 heteroatoms. The van der Waals surface area contributed by atoms with Crippen LogP contribution in [0.15, 0.2) is 97.1 Å². The molecule has 0 spiro atoms. The fourth-order valence-electron chi connectivity index (χ4n) is 3.85. The minimum absolute atomic E-state index is 1.20. The Morgan fingerprint density at radius 3 is 1.77 bits per heavy atom. The second kappa shape index (κ2) is 5.92. The Bertz CT molecular complexity index is 1200. The van der Waals surface area contributed by atoms with Gasteiger partial charge >= 0.3 is 0 Å². The second-order valence-corrected chi connectivity index (χ2v) is 6.79. The first-order chi connectivity index (χ1) is 12.8. The van der Waals surface area contributed by atoms with E-state index in [4.69, 9.17) is 0 Å². The Morgan fingerprint density at radius 2 is 1.12 bits per heavy atom. The largest absolute Gasteiger partial charge is 0.309 e. The third-order valence-electron chi connectivity index (χ3n) is 5.04. The lowest BCUT2D eigenvalue weighted by Gasteiger charge is -2.10. The molecule has 4 aromatic carbocycles. The van der Waals surface area contributed by atoms with Crippen molar-refractivity contribution in [3.05, 3.63) is 97.1 Å². The highest BCUT2D eigenvalue weighted by Crippen LogP contribution is 2.32. The predicted molar refractivity (Wildman–Crippen MR) is 114 cm³/mol. The quantitative estimate of drug-likeness (QED) is 0.413. The van der Waals surface area contributed by atoms with Gasteiger partial charge in [-0.15, -0.1) is 0 Å². The zero-order chi connectivity index (χ0) is 17.5. The van der Waals surface area contributed by atoms with Gasteiger partial charge in [-0.3, -0.25) is 0 Å². The predicted octanol–water partition coefficient (Wildman–Crippen LogP) is 4.71. The number of benzene rings is 4. The van der Waals surface area contributed by atoms with Crippen molar-refractivity contribution < 1.29 is 0 Å². The van der Waals surface area contributed by atoms with Crippen LogP contribution in [0.1, 0.15) is 0 Å². The first-order valence-electron chi connectivity index (χ1n) is 8.97. The molecule has 0 radical (unpaired) electrons. The normalized spacial score (nSPS) is 11.2. The molecule has 0 saturated heterocycles. The molecule has 0 aliphatic rings. The van der Waals surface area contributed by atoms with Crippen LogP contribution >= 0.6 is 0 Å². The van der Waals surface area contributed by atoms with Crippen LogP contribution in [0.5, 0.6) is 0 Å². The minimum atomic E-state index is 1.20. The highest BCUT2D eigenvalue weighted by atomic mass is 15.0. The van der Waals surface area contributed by atoms with Gasteiger partial charge in [0.2, 0.25) is 0 Å². The van der Waals surface area contributed by atoms with E-state index in [9.17, 15) is 0 Å². The molecule has 122 valence electrons. The van der Waals surface area contributed by atoms with Crippen molar-refractivity contribution in [3.63, 3.8) is 0 Å². The molecule has 0 amide bonds. The van der Waals surface area contributed by atoms with Gasteiger partial charge in [0.15, 0.2) is 0 Å². The summed E-state index contributed by atoms with van der Waals surface area (Å²) in [7, 11) is 2.14. The van der Waals surface area contributed by atoms with Gasteiger partial charge < -0.3 is 4.57 Å². The topological polar surface area (TPSA) is 4.93 Å². The lowest BCUT2D eigenvalue weighted by atomic mass is 9.92. The molecule has 0 bridgehead atoms. The summed E-state index contributed by atoms with van der Waals surface area (Å²) in [6, 6.07) is 34.8. The van der Waals surface area contributed by atoms with Crippen LogP contribution in [0.3, 0.4) is 0 Å². The van der Waals surface area contributed by atoms with Crippen molar-refractivity contribution in [2.24, 2.45) is 0 Å². The molecule has 0 N–H and O–H groups in total. The number of hydrogen-bond acceptors (Lipinski definition) is 0. The number of fused-ring (bicyclic) bond motifs is 3. The van der Waals surface area contributed by atoms with Crippen LogP contribution in [-0.2, 0) is 0 Å². The molecule has 0 aliphatic heterocycles. The van der Waals surface area contributed by atoms with Gasteiger partial charge in [0.1, 0.15) is 7.85 Å². The average molecular weight is 331 g/mol. The zero-order valence-electron chi connectivity index (χ0n) is 14.7. The summed E-state index contributed by atoms with van der Waals surface area (Å²) in [4.78, 5) is 0. The van der Waals surface area contributed by atoms with Gasteiger partial charge in [0, 0.05) is 16.5 Å². The van der Waals surface area contributed by atoms with Gasteiger partial charge in [0.25, 0.3) is 0 Å².